The first kappa shape index (κ1) is 15.3. The van der Waals surface area contributed by atoms with Crippen molar-refractivity contribution >= 4 is 11.9 Å². The molecule has 0 aliphatic heterocycles. The molecule has 0 aromatic heterocycles. The lowest BCUT2D eigenvalue weighted by molar-refractivity contribution is -0.143. The van der Waals surface area contributed by atoms with Crippen molar-refractivity contribution in [2.45, 2.75) is 24.7 Å². The van der Waals surface area contributed by atoms with Crippen LogP contribution in [0.15, 0.2) is 54.6 Å². The second-order valence-corrected chi connectivity index (χ2v) is 6.18. The SMILES string of the molecule is CC(CNC(=O)C1Cc2ccccc21)(C(=O)O)c1ccccc1. The Morgan fingerprint density at radius 2 is 1.78 bits per heavy atom. The van der Waals surface area contributed by atoms with Gasteiger partial charge in [-0.25, -0.2) is 0 Å². The predicted molar refractivity (Wildman–Crippen MR) is 87.3 cm³/mol. The summed E-state index contributed by atoms with van der Waals surface area (Å²) < 4.78 is 0. The lowest BCUT2D eigenvalue weighted by Gasteiger charge is -2.31. The van der Waals surface area contributed by atoms with E-state index in [1.54, 1.807) is 31.2 Å². The Bertz CT molecular complexity index is 741. The molecule has 2 aromatic carbocycles. The third kappa shape index (κ3) is 2.72. The number of fused-ring (bicyclic) bond motifs is 1. The van der Waals surface area contributed by atoms with E-state index in [1.165, 1.54) is 5.56 Å². The molecule has 2 atom stereocenters. The van der Waals surface area contributed by atoms with E-state index in [4.69, 9.17) is 0 Å². The topological polar surface area (TPSA) is 66.4 Å². The zero-order valence-corrected chi connectivity index (χ0v) is 13.0. The largest absolute Gasteiger partial charge is 0.481 e. The lowest BCUT2D eigenvalue weighted by atomic mass is 9.76. The monoisotopic (exact) mass is 309 g/mol. The van der Waals surface area contributed by atoms with E-state index in [1.807, 2.05) is 30.3 Å². The summed E-state index contributed by atoms with van der Waals surface area (Å²) in [6.45, 7) is 1.71. The maximum Gasteiger partial charge on any atom is 0.315 e. The van der Waals surface area contributed by atoms with E-state index < -0.39 is 11.4 Å². The minimum atomic E-state index is -1.14. The molecule has 0 heterocycles. The summed E-state index contributed by atoms with van der Waals surface area (Å²) in [5, 5.41) is 12.4. The van der Waals surface area contributed by atoms with Crippen molar-refractivity contribution in [2.24, 2.45) is 0 Å². The number of hydrogen-bond acceptors (Lipinski definition) is 2. The number of nitrogens with one attached hydrogen (secondary N) is 1. The van der Waals surface area contributed by atoms with Gasteiger partial charge in [-0.1, -0.05) is 54.6 Å². The molecule has 1 amide bonds. The number of aliphatic carboxylic acids is 1. The van der Waals surface area contributed by atoms with Gasteiger partial charge < -0.3 is 10.4 Å². The van der Waals surface area contributed by atoms with Crippen molar-refractivity contribution in [2.75, 3.05) is 6.54 Å². The average molecular weight is 309 g/mol. The summed E-state index contributed by atoms with van der Waals surface area (Å²) in [7, 11) is 0. The highest BCUT2D eigenvalue weighted by atomic mass is 16.4. The predicted octanol–water partition coefficient (Wildman–Crippen LogP) is 2.49. The third-order valence-corrected chi connectivity index (χ3v) is 4.67. The Hall–Kier alpha value is -2.62. The highest BCUT2D eigenvalue weighted by Gasteiger charge is 2.38. The van der Waals surface area contributed by atoms with Crippen molar-refractivity contribution in [3.05, 3.63) is 71.3 Å². The summed E-state index contributed by atoms with van der Waals surface area (Å²) in [6, 6.07) is 16.9. The molecule has 4 nitrogen and oxygen atoms in total. The van der Waals surface area contributed by atoms with Crippen LogP contribution in [-0.4, -0.2) is 23.5 Å². The molecule has 0 saturated heterocycles. The number of carboxylic acid groups (broad SMARTS) is 1. The van der Waals surface area contributed by atoms with Crippen molar-refractivity contribution in [3.63, 3.8) is 0 Å². The normalized spacial score (nSPS) is 18.2. The van der Waals surface area contributed by atoms with Gasteiger partial charge in [0, 0.05) is 6.54 Å². The van der Waals surface area contributed by atoms with Gasteiger partial charge in [-0.05, 0) is 30.0 Å². The van der Waals surface area contributed by atoms with Gasteiger partial charge in [-0.2, -0.15) is 0 Å². The van der Waals surface area contributed by atoms with E-state index in [9.17, 15) is 14.7 Å². The second-order valence-electron chi connectivity index (χ2n) is 6.18. The Balaban J connectivity index is 1.71. The molecule has 0 saturated carbocycles. The first-order chi connectivity index (χ1) is 11.0. The molecule has 118 valence electrons. The number of carbonyl (C=O) groups excluding carboxylic acids is 1. The van der Waals surface area contributed by atoms with E-state index in [2.05, 4.69) is 5.32 Å². The number of hydrogen-bond donors (Lipinski definition) is 2. The maximum atomic E-state index is 12.4. The Labute approximate surface area is 135 Å². The number of carboxylic acids is 1. The summed E-state index contributed by atoms with van der Waals surface area (Å²) >= 11 is 0. The Morgan fingerprint density at radius 3 is 2.43 bits per heavy atom. The minimum absolute atomic E-state index is 0.0733. The molecule has 2 aromatic rings. The highest BCUT2D eigenvalue weighted by molar-refractivity contribution is 5.88. The Morgan fingerprint density at radius 1 is 1.13 bits per heavy atom. The molecule has 0 radical (unpaired) electrons. The van der Waals surface area contributed by atoms with Crippen LogP contribution in [0.25, 0.3) is 0 Å². The van der Waals surface area contributed by atoms with E-state index in [-0.39, 0.29) is 18.4 Å². The van der Waals surface area contributed by atoms with Crippen LogP contribution < -0.4 is 5.32 Å². The first-order valence-corrected chi connectivity index (χ1v) is 7.67. The number of carbonyl (C=O) groups is 2. The average Bonchev–Trinajstić information content (AvgIpc) is 2.54. The zero-order valence-electron chi connectivity index (χ0n) is 13.0. The van der Waals surface area contributed by atoms with Crippen molar-refractivity contribution in [3.8, 4) is 0 Å². The second kappa shape index (κ2) is 5.88. The molecule has 3 rings (SSSR count). The van der Waals surface area contributed by atoms with Crippen LogP contribution in [-0.2, 0) is 21.4 Å². The standard InChI is InChI=1S/C19H19NO3/c1-19(18(22)23,14-8-3-2-4-9-14)12-20-17(21)16-11-13-7-5-6-10-15(13)16/h2-10,16H,11-12H2,1H3,(H,20,21)(H,22,23). The van der Waals surface area contributed by atoms with E-state index >= 15 is 0 Å². The van der Waals surface area contributed by atoms with Gasteiger partial charge >= 0.3 is 5.97 Å². The summed E-state index contributed by atoms with van der Waals surface area (Å²) in [5.41, 5.74) is 1.78. The van der Waals surface area contributed by atoms with Crippen LogP contribution in [0, 0.1) is 0 Å². The number of rotatable bonds is 5. The molecule has 4 heteroatoms. The van der Waals surface area contributed by atoms with Crippen LogP contribution in [0.4, 0.5) is 0 Å². The molecule has 2 unspecified atom stereocenters. The number of amides is 1. The van der Waals surface area contributed by atoms with Crippen molar-refractivity contribution in [1.29, 1.82) is 0 Å². The van der Waals surface area contributed by atoms with Gasteiger partial charge in [0.2, 0.25) is 5.91 Å². The molecular weight excluding hydrogens is 290 g/mol. The fraction of sp³-hybridized carbons (Fsp3) is 0.263. The smallest absolute Gasteiger partial charge is 0.315 e. The lowest BCUT2D eigenvalue weighted by Crippen LogP contribution is -2.46. The highest BCUT2D eigenvalue weighted by Crippen LogP contribution is 2.35. The van der Waals surface area contributed by atoms with E-state index in [0.29, 0.717) is 5.56 Å². The third-order valence-electron chi connectivity index (χ3n) is 4.67. The summed E-state index contributed by atoms with van der Waals surface area (Å²) in [6.07, 6.45) is 0.719. The molecular formula is C19H19NO3. The van der Waals surface area contributed by atoms with Gasteiger partial charge in [0.25, 0.3) is 0 Å². The van der Waals surface area contributed by atoms with E-state index in [0.717, 1.165) is 12.0 Å². The fourth-order valence-electron chi connectivity index (χ4n) is 2.99. The van der Waals surface area contributed by atoms with Crippen LogP contribution in [0.5, 0.6) is 0 Å². The molecule has 23 heavy (non-hydrogen) atoms. The van der Waals surface area contributed by atoms with Crippen molar-refractivity contribution < 1.29 is 14.7 Å². The molecule has 1 aliphatic carbocycles. The van der Waals surface area contributed by atoms with Gasteiger partial charge in [-0.15, -0.1) is 0 Å². The summed E-state index contributed by atoms with van der Waals surface area (Å²) in [4.78, 5) is 24.1. The first-order valence-electron chi connectivity index (χ1n) is 7.67. The van der Waals surface area contributed by atoms with Crippen molar-refractivity contribution in [1.82, 2.24) is 5.32 Å². The fourth-order valence-corrected chi connectivity index (χ4v) is 2.99. The molecule has 0 fully saturated rings. The summed E-state index contributed by atoms with van der Waals surface area (Å²) in [5.74, 6) is -1.22. The Kier molecular flexibility index (Phi) is 3.90. The quantitative estimate of drug-likeness (QED) is 0.891. The number of benzene rings is 2. The van der Waals surface area contributed by atoms with Gasteiger partial charge in [0.05, 0.1) is 5.92 Å². The van der Waals surface area contributed by atoms with Crippen LogP contribution in [0.2, 0.25) is 0 Å². The van der Waals surface area contributed by atoms with Crippen LogP contribution in [0.3, 0.4) is 0 Å². The molecule has 2 N–H and O–H groups in total. The van der Waals surface area contributed by atoms with Gasteiger partial charge in [0.1, 0.15) is 5.41 Å². The molecule has 1 aliphatic rings. The maximum absolute atomic E-state index is 12.4. The zero-order chi connectivity index (χ0) is 16.4. The minimum Gasteiger partial charge on any atom is -0.481 e. The van der Waals surface area contributed by atoms with Gasteiger partial charge in [0.15, 0.2) is 0 Å². The molecule has 0 bridgehead atoms. The van der Waals surface area contributed by atoms with Crippen LogP contribution in [0.1, 0.15) is 29.5 Å². The van der Waals surface area contributed by atoms with Gasteiger partial charge in [-0.3, -0.25) is 9.59 Å². The molecule has 0 spiro atoms. The van der Waals surface area contributed by atoms with Crippen LogP contribution >= 0.6 is 0 Å².